The molecule has 0 spiro atoms. The second-order valence-corrected chi connectivity index (χ2v) is 4.86. The molecule has 0 saturated carbocycles. The van der Waals surface area contributed by atoms with Gasteiger partial charge >= 0.3 is 0 Å². The van der Waals surface area contributed by atoms with E-state index in [2.05, 4.69) is 20.5 Å². The molecule has 0 saturated heterocycles. The minimum Gasteiger partial charge on any atom is -0.309 e. The molecule has 0 bridgehead atoms. The normalized spacial score (nSPS) is 10.9. The monoisotopic (exact) mass is 261 g/mol. The topological polar surface area (TPSA) is 75.1 Å². The van der Waals surface area contributed by atoms with Gasteiger partial charge in [0.15, 0.2) is 10.8 Å². The van der Waals surface area contributed by atoms with Crippen molar-refractivity contribution in [2.45, 2.75) is 13.3 Å². The lowest BCUT2D eigenvalue weighted by Crippen LogP contribution is -2.14. The summed E-state index contributed by atoms with van der Waals surface area (Å²) < 4.78 is 1.91. The summed E-state index contributed by atoms with van der Waals surface area (Å²) in [6.45, 7) is 1.88. The van der Waals surface area contributed by atoms with E-state index in [9.17, 15) is 4.79 Å². The van der Waals surface area contributed by atoms with Gasteiger partial charge in [0.25, 0.3) is 0 Å². The smallest absolute Gasteiger partial charge is 0.231 e. The van der Waals surface area contributed by atoms with Crippen molar-refractivity contribution in [3.05, 3.63) is 35.2 Å². The van der Waals surface area contributed by atoms with E-state index in [1.54, 1.807) is 17.4 Å². The van der Waals surface area contributed by atoms with Gasteiger partial charge in [0.1, 0.15) is 0 Å². The lowest BCUT2D eigenvalue weighted by Gasteiger charge is -1.98. The minimum atomic E-state index is -0.118. The van der Waals surface area contributed by atoms with Crippen LogP contribution in [0.4, 0.5) is 5.82 Å². The molecule has 92 valence electrons. The largest absolute Gasteiger partial charge is 0.309 e. The van der Waals surface area contributed by atoms with Gasteiger partial charge < -0.3 is 5.32 Å². The number of rotatable bonds is 3. The summed E-state index contributed by atoms with van der Waals surface area (Å²) in [5, 5.41) is 11.4. The maximum absolute atomic E-state index is 11.8. The second kappa shape index (κ2) is 4.26. The quantitative estimate of drug-likeness (QED) is 0.752. The van der Waals surface area contributed by atoms with Crippen LogP contribution in [0.2, 0.25) is 0 Å². The molecule has 0 unspecified atom stereocenters. The van der Waals surface area contributed by atoms with Crippen LogP contribution in [-0.4, -0.2) is 25.5 Å². The fraction of sp³-hybridized carbons (Fsp3) is 0.182. The lowest BCUT2D eigenvalue weighted by atomic mass is 10.3. The third-order valence-electron chi connectivity index (χ3n) is 2.46. The molecule has 0 aliphatic rings. The predicted molar refractivity (Wildman–Crippen MR) is 68.7 cm³/mol. The zero-order valence-electron chi connectivity index (χ0n) is 9.67. The fourth-order valence-corrected chi connectivity index (χ4v) is 2.41. The third-order valence-corrected chi connectivity index (χ3v) is 3.23. The van der Waals surface area contributed by atoms with Crippen LogP contribution in [-0.2, 0) is 11.2 Å². The van der Waals surface area contributed by atoms with E-state index in [0.717, 1.165) is 16.3 Å². The van der Waals surface area contributed by atoms with E-state index in [4.69, 9.17) is 0 Å². The first-order valence-corrected chi connectivity index (χ1v) is 6.31. The average Bonchev–Trinajstić information content (AvgIpc) is 2.94. The van der Waals surface area contributed by atoms with Crippen molar-refractivity contribution in [1.29, 1.82) is 0 Å². The molecule has 7 heteroatoms. The minimum absolute atomic E-state index is 0.118. The predicted octanol–water partition coefficient (Wildman–Crippen LogP) is 1.61. The molecular formula is C11H11N5OS. The van der Waals surface area contributed by atoms with Crippen LogP contribution in [0.15, 0.2) is 23.8 Å². The van der Waals surface area contributed by atoms with Gasteiger partial charge in [0.05, 0.1) is 12.1 Å². The number of carbonyl (C=O) groups is 1. The Hall–Kier alpha value is -2.15. The van der Waals surface area contributed by atoms with Crippen LogP contribution in [0.5, 0.6) is 0 Å². The van der Waals surface area contributed by atoms with E-state index in [0.29, 0.717) is 5.82 Å². The number of thiazole rings is 1. The molecule has 0 fully saturated rings. The Morgan fingerprint density at radius 1 is 1.61 bits per heavy atom. The van der Waals surface area contributed by atoms with E-state index >= 15 is 0 Å². The molecule has 0 atom stereocenters. The molecule has 3 aromatic rings. The first kappa shape index (κ1) is 11.0. The number of imidazole rings is 1. The number of anilines is 1. The van der Waals surface area contributed by atoms with Crippen molar-refractivity contribution in [3.8, 4) is 0 Å². The van der Waals surface area contributed by atoms with Crippen molar-refractivity contribution in [2.24, 2.45) is 0 Å². The van der Waals surface area contributed by atoms with Crippen molar-refractivity contribution in [2.75, 3.05) is 5.32 Å². The summed E-state index contributed by atoms with van der Waals surface area (Å²) in [4.78, 5) is 17.0. The Morgan fingerprint density at radius 3 is 3.22 bits per heavy atom. The van der Waals surface area contributed by atoms with Gasteiger partial charge in [-0.15, -0.1) is 11.3 Å². The van der Waals surface area contributed by atoms with E-state index in [1.165, 1.54) is 0 Å². The van der Waals surface area contributed by atoms with Gasteiger partial charge in [-0.25, -0.2) is 4.98 Å². The van der Waals surface area contributed by atoms with Crippen LogP contribution in [0.1, 0.15) is 11.4 Å². The van der Waals surface area contributed by atoms with Gasteiger partial charge in [-0.1, -0.05) is 0 Å². The molecule has 1 amide bonds. The first-order valence-electron chi connectivity index (χ1n) is 5.43. The highest BCUT2D eigenvalue weighted by atomic mass is 32.1. The molecule has 3 heterocycles. The number of nitrogens with one attached hydrogen (secondary N) is 2. The number of hydrogen-bond donors (Lipinski definition) is 2. The molecule has 0 aliphatic heterocycles. The Kier molecular flexibility index (Phi) is 2.60. The summed E-state index contributed by atoms with van der Waals surface area (Å²) in [5.41, 5.74) is 1.67. The van der Waals surface area contributed by atoms with Crippen molar-refractivity contribution >= 4 is 28.0 Å². The Balaban J connectivity index is 1.69. The van der Waals surface area contributed by atoms with Crippen LogP contribution < -0.4 is 5.32 Å². The molecule has 0 aromatic carbocycles. The molecule has 6 nitrogen and oxygen atoms in total. The number of aromatic amines is 1. The molecule has 3 rings (SSSR count). The number of amides is 1. The number of hydrogen-bond acceptors (Lipinski definition) is 4. The first-order chi connectivity index (χ1) is 8.70. The third kappa shape index (κ3) is 2.12. The van der Waals surface area contributed by atoms with Gasteiger partial charge in [-0.05, 0) is 6.92 Å². The zero-order valence-corrected chi connectivity index (χ0v) is 10.5. The van der Waals surface area contributed by atoms with Gasteiger partial charge in [0, 0.05) is 29.5 Å². The molecule has 0 aliphatic carbocycles. The standard InChI is InChI=1S/C11H11N5OS/c1-7-4-9(15-14-7)13-10(17)5-8-6-16-2-3-18-11(16)12-8/h2-4,6H,5H2,1H3,(H2,13,14,15,17). The number of aryl methyl sites for hydroxylation is 1. The number of nitrogens with zero attached hydrogens (tertiary/aromatic N) is 3. The number of fused-ring (bicyclic) bond motifs is 1. The summed E-state index contributed by atoms with van der Waals surface area (Å²) in [6, 6.07) is 1.78. The highest BCUT2D eigenvalue weighted by Crippen LogP contribution is 2.12. The van der Waals surface area contributed by atoms with Crippen molar-refractivity contribution < 1.29 is 4.79 Å². The van der Waals surface area contributed by atoms with Crippen LogP contribution in [0.3, 0.4) is 0 Å². The highest BCUT2D eigenvalue weighted by Gasteiger charge is 2.09. The Morgan fingerprint density at radius 2 is 2.50 bits per heavy atom. The fourth-order valence-electron chi connectivity index (χ4n) is 1.69. The van der Waals surface area contributed by atoms with Crippen LogP contribution in [0, 0.1) is 6.92 Å². The van der Waals surface area contributed by atoms with E-state index < -0.39 is 0 Å². The molecular weight excluding hydrogens is 250 g/mol. The van der Waals surface area contributed by atoms with Crippen LogP contribution >= 0.6 is 11.3 Å². The summed E-state index contributed by atoms with van der Waals surface area (Å²) >= 11 is 1.55. The van der Waals surface area contributed by atoms with Crippen molar-refractivity contribution in [1.82, 2.24) is 19.6 Å². The Bertz CT molecular complexity index is 666. The lowest BCUT2D eigenvalue weighted by molar-refractivity contribution is -0.115. The molecule has 18 heavy (non-hydrogen) atoms. The number of H-pyrrole nitrogens is 1. The molecule has 0 radical (unpaired) electrons. The average molecular weight is 261 g/mol. The maximum Gasteiger partial charge on any atom is 0.231 e. The highest BCUT2D eigenvalue weighted by molar-refractivity contribution is 7.15. The maximum atomic E-state index is 11.8. The molecule has 2 N–H and O–H groups in total. The Labute approximate surface area is 107 Å². The summed E-state index contributed by atoms with van der Waals surface area (Å²) in [7, 11) is 0. The van der Waals surface area contributed by atoms with Gasteiger partial charge in [-0.3, -0.25) is 14.3 Å². The zero-order chi connectivity index (χ0) is 12.5. The summed E-state index contributed by atoms with van der Waals surface area (Å²) in [5.74, 6) is 0.422. The van der Waals surface area contributed by atoms with Crippen LogP contribution in [0.25, 0.3) is 4.96 Å². The SMILES string of the molecule is Cc1cc(NC(=O)Cc2cn3ccsc3n2)n[nH]1. The van der Waals surface area contributed by atoms with Gasteiger partial charge in [0.2, 0.25) is 5.91 Å². The van der Waals surface area contributed by atoms with E-state index in [-0.39, 0.29) is 12.3 Å². The van der Waals surface area contributed by atoms with Gasteiger partial charge in [-0.2, -0.15) is 5.10 Å². The molecule has 3 aromatic heterocycles. The van der Waals surface area contributed by atoms with Crippen molar-refractivity contribution in [3.63, 3.8) is 0 Å². The number of carbonyl (C=O) groups excluding carboxylic acids is 1. The summed E-state index contributed by atoms with van der Waals surface area (Å²) in [6.07, 6.45) is 4.03. The second-order valence-electron chi connectivity index (χ2n) is 3.99. The number of aromatic nitrogens is 4. The van der Waals surface area contributed by atoms with E-state index in [1.807, 2.05) is 29.1 Å².